The summed E-state index contributed by atoms with van der Waals surface area (Å²) in [5, 5.41) is 0. The SMILES string of the molecule is CCC[CH2][Sn]([CH2]CCC)([CH2]CCC)[CH](CC(C)C)[Se]c1ccccc1. The van der Waals surface area contributed by atoms with E-state index >= 15 is 0 Å². The fourth-order valence-electron chi connectivity index (χ4n) is 3.96. The molecule has 0 bridgehead atoms. The average molecular weight is 516 g/mol. The Kier molecular flexibility index (Phi) is 12.9. The number of benzene rings is 1. The van der Waals surface area contributed by atoms with Crippen LogP contribution in [0, 0.1) is 5.92 Å². The maximum absolute atomic E-state index is 2.46. The Labute approximate surface area is 169 Å². The van der Waals surface area contributed by atoms with Gasteiger partial charge in [-0.15, -0.1) is 0 Å². The van der Waals surface area contributed by atoms with Crippen molar-refractivity contribution in [2.24, 2.45) is 5.92 Å². The molecule has 0 heterocycles. The van der Waals surface area contributed by atoms with Crippen LogP contribution in [0.15, 0.2) is 30.3 Å². The van der Waals surface area contributed by atoms with Gasteiger partial charge in [0.15, 0.2) is 0 Å². The summed E-state index contributed by atoms with van der Waals surface area (Å²) in [5.41, 5.74) is 0. The zero-order valence-corrected chi connectivity index (χ0v) is 22.1. The van der Waals surface area contributed by atoms with Crippen molar-refractivity contribution in [1.82, 2.24) is 0 Å². The van der Waals surface area contributed by atoms with Crippen molar-refractivity contribution >= 4 is 37.8 Å². The summed E-state index contributed by atoms with van der Waals surface area (Å²) < 4.78 is 7.76. The quantitative estimate of drug-likeness (QED) is 0.229. The van der Waals surface area contributed by atoms with E-state index in [1.165, 1.54) is 44.9 Å². The molecule has 0 saturated carbocycles. The molecular formula is C23H42SeSn. The van der Waals surface area contributed by atoms with Crippen molar-refractivity contribution in [3.63, 3.8) is 0 Å². The fourth-order valence-corrected chi connectivity index (χ4v) is 34.3. The first-order chi connectivity index (χ1) is 12.1. The molecule has 1 atom stereocenters. The van der Waals surface area contributed by atoms with E-state index in [2.05, 4.69) is 65.0 Å². The van der Waals surface area contributed by atoms with Crippen LogP contribution in [0.3, 0.4) is 0 Å². The summed E-state index contributed by atoms with van der Waals surface area (Å²) in [5.74, 6) is 0.858. The number of rotatable bonds is 14. The molecule has 0 saturated heterocycles. The third kappa shape index (κ3) is 8.85. The summed E-state index contributed by atoms with van der Waals surface area (Å²) in [6.45, 7) is 12.1. The van der Waals surface area contributed by atoms with Crippen LogP contribution in [0.1, 0.15) is 79.6 Å². The fraction of sp³-hybridized carbons (Fsp3) is 0.739. The molecule has 0 radical (unpaired) electrons. The Balaban J connectivity index is 3.11. The molecule has 0 amide bonds. The van der Waals surface area contributed by atoms with Gasteiger partial charge in [0.05, 0.1) is 0 Å². The first-order valence-corrected chi connectivity index (χ1v) is 20.3. The number of unbranched alkanes of at least 4 members (excludes halogenated alkanes) is 3. The van der Waals surface area contributed by atoms with Gasteiger partial charge in [-0.3, -0.25) is 0 Å². The van der Waals surface area contributed by atoms with Gasteiger partial charge < -0.3 is 0 Å². The summed E-state index contributed by atoms with van der Waals surface area (Å²) in [4.78, 5) is 0. The van der Waals surface area contributed by atoms with E-state index in [9.17, 15) is 0 Å². The third-order valence-electron chi connectivity index (χ3n) is 5.47. The van der Waals surface area contributed by atoms with E-state index in [0.717, 1.165) is 8.75 Å². The van der Waals surface area contributed by atoms with Crippen LogP contribution < -0.4 is 4.46 Å². The van der Waals surface area contributed by atoms with Crippen LogP contribution >= 0.6 is 0 Å². The summed E-state index contributed by atoms with van der Waals surface area (Å²) in [6.07, 6.45) is 10.2. The second-order valence-corrected chi connectivity index (χ2v) is 27.6. The molecule has 1 aromatic rings. The summed E-state index contributed by atoms with van der Waals surface area (Å²) in [7, 11) is 0. The zero-order chi connectivity index (χ0) is 18.5. The van der Waals surface area contributed by atoms with E-state index < -0.39 is 18.4 Å². The van der Waals surface area contributed by atoms with E-state index in [4.69, 9.17) is 0 Å². The molecule has 1 unspecified atom stereocenters. The Morgan fingerprint density at radius 2 is 1.28 bits per heavy atom. The summed E-state index contributed by atoms with van der Waals surface area (Å²) in [6, 6.07) is 11.5. The molecule has 0 aromatic heterocycles. The van der Waals surface area contributed by atoms with E-state index in [-0.39, 0.29) is 0 Å². The predicted molar refractivity (Wildman–Crippen MR) is 120 cm³/mol. The van der Waals surface area contributed by atoms with Gasteiger partial charge in [0.25, 0.3) is 0 Å². The molecule has 1 aromatic carbocycles. The van der Waals surface area contributed by atoms with Crippen molar-refractivity contribution in [2.45, 2.75) is 95.7 Å². The molecule has 0 aliphatic rings. The van der Waals surface area contributed by atoms with E-state index in [1.54, 1.807) is 17.8 Å². The number of hydrogen-bond acceptors (Lipinski definition) is 0. The van der Waals surface area contributed by atoms with Crippen molar-refractivity contribution < 1.29 is 0 Å². The van der Waals surface area contributed by atoms with Gasteiger partial charge in [-0.2, -0.15) is 0 Å². The monoisotopic (exact) mass is 518 g/mol. The summed E-state index contributed by atoms with van der Waals surface area (Å²) >= 11 is -1.43. The molecule has 0 fully saturated rings. The minimum absolute atomic E-state index is 0.691. The molecule has 1 rings (SSSR count). The first kappa shape index (κ1) is 23.6. The van der Waals surface area contributed by atoms with Gasteiger partial charge in [-0.05, 0) is 0 Å². The second kappa shape index (κ2) is 13.7. The predicted octanol–water partition coefficient (Wildman–Crippen LogP) is 7.24. The molecule has 0 aliphatic carbocycles. The molecular weight excluding hydrogens is 474 g/mol. The standard InChI is InChI=1S/C11H15Se.3C4H9.Sn/c1-10(2)8-9-12-11-6-4-3-5-7-11;3*1-3-4-2;/h3-7,9-10H,8H2,1-2H3;3*1,3-4H2,2H3;. The molecule has 0 aliphatic heterocycles. The molecule has 0 nitrogen and oxygen atoms in total. The second-order valence-electron chi connectivity index (χ2n) is 8.22. The van der Waals surface area contributed by atoms with Gasteiger partial charge in [-0.25, -0.2) is 0 Å². The van der Waals surface area contributed by atoms with Gasteiger partial charge in [0.1, 0.15) is 0 Å². The van der Waals surface area contributed by atoms with E-state index in [0.29, 0.717) is 15.0 Å². The van der Waals surface area contributed by atoms with Gasteiger partial charge in [0.2, 0.25) is 0 Å². The van der Waals surface area contributed by atoms with Gasteiger partial charge >= 0.3 is 170 Å². The Hall–Kier alpha value is 0.538. The topological polar surface area (TPSA) is 0 Å². The molecule has 144 valence electrons. The van der Waals surface area contributed by atoms with Crippen molar-refractivity contribution in [2.75, 3.05) is 0 Å². The van der Waals surface area contributed by atoms with E-state index in [1.807, 2.05) is 0 Å². The number of hydrogen-bond donors (Lipinski definition) is 0. The Morgan fingerprint density at radius 3 is 1.68 bits per heavy atom. The third-order valence-corrected chi connectivity index (χ3v) is 32.5. The van der Waals surface area contributed by atoms with Crippen molar-refractivity contribution in [3.05, 3.63) is 30.3 Å². The average Bonchev–Trinajstić information content (AvgIpc) is 2.61. The zero-order valence-electron chi connectivity index (χ0n) is 17.5. The molecule has 0 spiro atoms. The maximum atomic E-state index is 2.46. The van der Waals surface area contributed by atoms with Crippen LogP contribution in [-0.2, 0) is 0 Å². The first-order valence-electron chi connectivity index (χ1n) is 10.8. The van der Waals surface area contributed by atoms with Crippen LogP contribution in [0.2, 0.25) is 16.1 Å². The van der Waals surface area contributed by atoms with Gasteiger partial charge in [0, 0.05) is 0 Å². The van der Waals surface area contributed by atoms with Crippen molar-refractivity contribution in [3.8, 4) is 0 Å². The van der Waals surface area contributed by atoms with Crippen LogP contribution in [0.5, 0.6) is 0 Å². The minimum atomic E-state index is -2.12. The van der Waals surface area contributed by atoms with Crippen LogP contribution in [0.4, 0.5) is 0 Å². The van der Waals surface area contributed by atoms with Crippen LogP contribution in [0.25, 0.3) is 0 Å². The van der Waals surface area contributed by atoms with Gasteiger partial charge in [-0.1, -0.05) is 0 Å². The Bertz CT molecular complexity index is 407. The molecule has 25 heavy (non-hydrogen) atoms. The normalized spacial score (nSPS) is 13.4. The Morgan fingerprint density at radius 1 is 0.800 bits per heavy atom. The molecule has 0 N–H and O–H groups in total. The van der Waals surface area contributed by atoms with Crippen LogP contribution in [-0.4, -0.2) is 33.3 Å². The van der Waals surface area contributed by atoms with Crippen molar-refractivity contribution in [1.29, 1.82) is 0 Å². The molecule has 2 heteroatoms.